The van der Waals surface area contributed by atoms with Crippen LogP contribution < -0.4 is 10.2 Å². The molecule has 3 aromatic heterocycles. The molecular weight excluding hydrogens is 350 g/mol. The average molecular weight is 369 g/mol. The lowest BCUT2D eigenvalue weighted by Crippen LogP contribution is -2.37. The lowest BCUT2D eigenvalue weighted by atomic mass is 10.1. The molecule has 0 aliphatic carbocycles. The van der Waals surface area contributed by atoms with Gasteiger partial charge in [0, 0.05) is 25.5 Å². The molecular formula is C17H19N7OS. The van der Waals surface area contributed by atoms with Gasteiger partial charge in [0.1, 0.15) is 11.3 Å². The van der Waals surface area contributed by atoms with E-state index in [0.717, 1.165) is 31.7 Å². The number of aryl methyl sites for hydroxylation is 1. The summed E-state index contributed by atoms with van der Waals surface area (Å²) >= 11 is 1.28. The van der Waals surface area contributed by atoms with Gasteiger partial charge in [-0.25, -0.2) is 4.98 Å². The molecule has 0 bridgehead atoms. The minimum Gasteiger partial charge on any atom is -0.354 e. The third kappa shape index (κ3) is 3.57. The largest absolute Gasteiger partial charge is 0.354 e. The van der Waals surface area contributed by atoms with E-state index in [1.54, 1.807) is 17.8 Å². The second-order valence-corrected chi connectivity index (χ2v) is 7.18. The number of rotatable bonds is 4. The third-order valence-electron chi connectivity index (χ3n) is 4.42. The Kier molecular flexibility index (Phi) is 4.61. The molecule has 1 saturated heterocycles. The van der Waals surface area contributed by atoms with E-state index in [0.29, 0.717) is 16.7 Å². The summed E-state index contributed by atoms with van der Waals surface area (Å²) in [7, 11) is 0. The first-order valence-corrected chi connectivity index (χ1v) is 9.36. The number of hydrogen-bond acceptors (Lipinski definition) is 7. The van der Waals surface area contributed by atoms with Gasteiger partial charge in [0.15, 0.2) is 0 Å². The molecule has 1 fully saturated rings. The van der Waals surface area contributed by atoms with Gasteiger partial charge in [-0.2, -0.15) is 5.10 Å². The number of amides is 1. The second kappa shape index (κ2) is 7.20. The van der Waals surface area contributed by atoms with Gasteiger partial charge >= 0.3 is 0 Å². The van der Waals surface area contributed by atoms with Crippen LogP contribution >= 0.6 is 11.3 Å². The summed E-state index contributed by atoms with van der Waals surface area (Å²) in [5.41, 5.74) is 3.25. The van der Waals surface area contributed by atoms with Crippen molar-refractivity contribution >= 4 is 28.2 Å². The van der Waals surface area contributed by atoms with E-state index in [-0.39, 0.29) is 5.91 Å². The molecule has 8 nitrogen and oxygen atoms in total. The van der Waals surface area contributed by atoms with Gasteiger partial charge in [0.05, 0.1) is 17.8 Å². The summed E-state index contributed by atoms with van der Waals surface area (Å²) in [6.07, 6.45) is 7.78. The minimum absolute atomic E-state index is 0.232. The van der Waals surface area contributed by atoms with E-state index in [2.05, 4.69) is 43.6 Å². The Labute approximate surface area is 154 Å². The van der Waals surface area contributed by atoms with Crippen LogP contribution in [0.2, 0.25) is 0 Å². The smallest absolute Gasteiger partial charge is 0.259 e. The van der Waals surface area contributed by atoms with Crippen molar-refractivity contribution in [2.24, 2.45) is 0 Å². The van der Waals surface area contributed by atoms with E-state index < -0.39 is 0 Å². The molecule has 0 saturated carbocycles. The standard InChI is InChI=1S/C17H19N7OS/c1-12-7-20-24(9-12)14-3-2-6-23(10-14)15-5-4-13(8-18-15)16(25)21-17-22-19-11-26-17/h4-5,7-9,11,14H,2-3,6,10H2,1H3,(H,21,22,25). The molecule has 1 aliphatic rings. The van der Waals surface area contributed by atoms with Crippen molar-refractivity contribution in [3.8, 4) is 0 Å². The first-order valence-electron chi connectivity index (χ1n) is 8.48. The van der Waals surface area contributed by atoms with Crippen molar-refractivity contribution in [2.45, 2.75) is 25.8 Å². The predicted octanol–water partition coefficient (Wildman–Crippen LogP) is 2.53. The fourth-order valence-electron chi connectivity index (χ4n) is 3.12. The summed E-state index contributed by atoms with van der Waals surface area (Å²) in [5, 5.41) is 15.1. The maximum Gasteiger partial charge on any atom is 0.259 e. The Bertz CT molecular complexity index is 875. The molecule has 1 amide bonds. The number of nitrogens with zero attached hydrogens (tertiary/aromatic N) is 6. The van der Waals surface area contributed by atoms with Crippen LogP contribution in [0.25, 0.3) is 0 Å². The van der Waals surface area contributed by atoms with E-state index in [9.17, 15) is 4.79 Å². The number of piperidine rings is 1. The van der Waals surface area contributed by atoms with Gasteiger partial charge in [0.25, 0.3) is 5.91 Å². The average Bonchev–Trinajstić information content (AvgIpc) is 3.34. The molecule has 4 heterocycles. The van der Waals surface area contributed by atoms with E-state index in [1.165, 1.54) is 16.9 Å². The molecule has 26 heavy (non-hydrogen) atoms. The van der Waals surface area contributed by atoms with Crippen LogP contribution in [0.5, 0.6) is 0 Å². The van der Waals surface area contributed by atoms with Crippen molar-refractivity contribution in [1.82, 2.24) is 25.0 Å². The molecule has 134 valence electrons. The van der Waals surface area contributed by atoms with Gasteiger partial charge < -0.3 is 4.90 Å². The highest BCUT2D eigenvalue weighted by atomic mass is 32.1. The topological polar surface area (TPSA) is 88.8 Å². The Morgan fingerprint density at radius 3 is 2.96 bits per heavy atom. The van der Waals surface area contributed by atoms with Gasteiger partial charge in [0.2, 0.25) is 5.13 Å². The number of hydrogen-bond donors (Lipinski definition) is 1. The number of anilines is 2. The van der Waals surface area contributed by atoms with Crippen LogP contribution in [-0.2, 0) is 0 Å². The van der Waals surface area contributed by atoms with Gasteiger partial charge in [-0.1, -0.05) is 11.3 Å². The Morgan fingerprint density at radius 1 is 1.35 bits per heavy atom. The first-order chi connectivity index (χ1) is 12.7. The van der Waals surface area contributed by atoms with Gasteiger partial charge in [-0.15, -0.1) is 10.2 Å². The maximum atomic E-state index is 12.2. The molecule has 1 aliphatic heterocycles. The van der Waals surface area contributed by atoms with E-state index >= 15 is 0 Å². The van der Waals surface area contributed by atoms with E-state index in [1.807, 2.05) is 16.9 Å². The molecule has 0 aromatic carbocycles. The number of pyridine rings is 1. The fraction of sp³-hybridized carbons (Fsp3) is 0.353. The molecule has 1 N–H and O–H groups in total. The molecule has 0 spiro atoms. The van der Waals surface area contributed by atoms with Crippen LogP contribution in [0.3, 0.4) is 0 Å². The lowest BCUT2D eigenvalue weighted by Gasteiger charge is -2.33. The summed E-state index contributed by atoms with van der Waals surface area (Å²) < 4.78 is 2.05. The second-order valence-electron chi connectivity index (χ2n) is 6.34. The molecule has 9 heteroatoms. The highest BCUT2D eigenvalue weighted by molar-refractivity contribution is 7.13. The zero-order valence-electron chi connectivity index (χ0n) is 14.4. The first kappa shape index (κ1) is 16.6. The normalized spacial score (nSPS) is 17.3. The van der Waals surface area contributed by atoms with Crippen LogP contribution in [0, 0.1) is 6.92 Å². The Balaban J connectivity index is 1.43. The SMILES string of the molecule is Cc1cnn(C2CCCN(c3ccc(C(=O)Nc4nncs4)cn3)C2)c1. The minimum atomic E-state index is -0.232. The summed E-state index contributed by atoms with van der Waals surface area (Å²) in [5.74, 6) is 0.649. The summed E-state index contributed by atoms with van der Waals surface area (Å²) in [4.78, 5) is 18.9. The van der Waals surface area contributed by atoms with Crippen LogP contribution in [-0.4, -0.2) is 44.0 Å². The Hall–Kier alpha value is -2.81. The van der Waals surface area contributed by atoms with Gasteiger partial charge in [-0.3, -0.25) is 14.8 Å². The summed E-state index contributed by atoms with van der Waals surface area (Å²) in [6, 6.07) is 4.03. The molecule has 4 rings (SSSR count). The zero-order valence-corrected chi connectivity index (χ0v) is 15.2. The highest BCUT2D eigenvalue weighted by Crippen LogP contribution is 2.25. The van der Waals surface area contributed by atoms with Crippen molar-refractivity contribution in [2.75, 3.05) is 23.3 Å². The number of carbonyl (C=O) groups excluding carboxylic acids is 1. The molecule has 1 atom stereocenters. The van der Waals surface area contributed by atoms with Crippen LogP contribution in [0.4, 0.5) is 10.9 Å². The van der Waals surface area contributed by atoms with Crippen LogP contribution in [0.15, 0.2) is 36.2 Å². The Morgan fingerprint density at radius 2 is 2.27 bits per heavy atom. The number of aromatic nitrogens is 5. The van der Waals surface area contributed by atoms with Crippen molar-refractivity contribution in [1.29, 1.82) is 0 Å². The van der Waals surface area contributed by atoms with Gasteiger partial charge in [-0.05, 0) is 37.5 Å². The third-order valence-corrected chi connectivity index (χ3v) is 5.02. The van der Waals surface area contributed by atoms with Crippen molar-refractivity contribution in [3.63, 3.8) is 0 Å². The molecule has 1 unspecified atom stereocenters. The van der Waals surface area contributed by atoms with Crippen LogP contribution in [0.1, 0.15) is 34.8 Å². The molecule has 3 aromatic rings. The van der Waals surface area contributed by atoms with E-state index in [4.69, 9.17) is 0 Å². The predicted molar refractivity (Wildman–Crippen MR) is 99.5 cm³/mol. The van der Waals surface area contributed by atoms with Crippen molar-refractivity contribution in [3.05, 3.63) is 47.4 Å². The zero-order chi connectivity index (χ0) is 17.9. The number of carbonyl (C=O) groups is 1. The maximum absolute atomic E-state index is 12.2. The quantitative estimate of drug-likeness (QED) is 0.760. The van der Waals surface area contributed by atoms with Crippen molar-refractivity contribution < 1.29 is 4.79 Å². The monoisotopic (exact) mass is 369 g/mol. The number of nitrogens with one attached hydrogen (secondary N) is 1. The fourth-order valence-corrected chi connectivity index (χ4v) is 3.56. The lowest BCUT2D eigenvalue weighted by molar-refractivity contribution is 0.102. The molecule has 0 radical (unpaired) electrons. The summed E-state index contributed by atoms with van der Waals surface area (Å²) in [6.45, 7) is 3.88. The highest BCUT2D eigenvalue weighted by Gasteiger charge is 2.23.